The summed E-state index contributed by atoms with van der Waals surface area (Å²) in [6.45, 7) is 0.335. The highest BCUT2D eigenvalue weighted by atomic mass is 16.4. The molecule has 0 radical (unpaired) electrons. The molecule has 3 aromatic rings. The number of carbonyl (C=O) groups excluding carboxylic acids is 2. The number of carboxylic acid groups (broad SMARTS) is 1. The first kappa shape index (κ1) is 18.9. The topological polar surface area (TPSA) is 144 Å². The maximum atomic E-state index is 12.4. The zero-order valence-electron chi connectivity index (χ0n) is 15.0. The van der Waals surface area contributed by atoms with Crippen LogP contribution in [0, 0.1) is 0 Å². The lowest BCUT2D eigenvalue weighted by Gasteiger charge is -2.05. The number of aromatic nitrogens is 4. The van der Waals surface area contributed by atoms with Gasteiger partial charge >= 0.3 is 5.97 Å². The van der Waals surface area contributed by atoms with E-state index in [4.69, 9.17) is 9.52 Å². The predicted molar refractivity (Wildman–Crippen MR) is 95.5 cm³/mol. The van der Waals surface area contributed by atoms with Crippen LogP contribution in [0.4, 0.5) is 5.69 Å². The Morgan fingerprint density at radius 3 is 2.79 bits per heavy atom. The number of carbonyl (C=O) groups is 3. The van der Waals surface area contributed by atoms with Gasteiger partial charge in [-0.3, -0.25) is 23.7 Å². The molecule has 0 atom stereocenters. The lowest BCUT2D eigenvalue weighted by atomic mass is 10.3. The van der Waals surface area contributed by atoms with Crippen molar-refractivity contribution in [3.8, 4) is 0 Å². The van der Waals surface area contributed by atoms with Gasteiger partial charge in [-0.15, -0.1) is 0 Å². The van der Waals surface area contributed by atoms with E-state index < -0.39 is 17.8 Å². The molecular weight excluding hydrogens is 368 g/mol. The molecule has 0 saturated heterocycles. The molecule has 11 nitrogen and oxygen atoms in total. The van der Waals surface area contributed by atoms with E-state index in [2.05, 4.69) is 20.8 Å². The van der Waals surface area contributed by atoms with E-state index in [1.165, 1.54) is 34.2 Å². The van der Waals surface area contributed by atoms with Crippen molar-refractivity contribution in [3.63, 3.8) is 0 Å². The zero-order chi connectivity index (χ0) is 20.1. The Hall–Kier alpha value is -3.89. The van der Waals surface area contributed by atoms with Crippen molar-refractivity contribution >= 4 is 23.5 Å². The molecule has 0 aliphatic carbocycles. The number of amides is 2. The fourth-order valence-electron chi connectivity index (χ4n) is 2.42. The van der Waals surface area contributed by atoms with Crippen LogP contribution in [0.25, 0.3) is 0 Å². The Morgan fingerprint density at radius 2 is 2.07 bits per heavy atom. The Morgan fingerprint density at radius 1 is 1.25 bits per heavy atom. The SMILES string of the molecule is Cn1cc(NC(=O)c2cnn(CCC(=O)O)c2)c(C(=O)NCc2ccco2)n1. The van der Waals surface area contributed by atoms with Crippen LogP contribution in [0.5, 0.6) is 0 Å². The number of nitrogens with one attached hydrogen (secondary N) is 2. The molecule has 0 aliphatic rings. The third kappa shape index (κ3) is 4.63. The minimum Gasteiger partial charge on any atom is -0.481 e. The monoisotopic (exact) mass is 386 g/mol. The molecule has 3 heterocycles. The van der Waals surface area contributed by atoms with Gasteiger partial charge in [0.25, 0.3) is 11.8 Å². The van der Waals surface area contributed by atoms with Crippen LogP contribution >= 0.6 is 0 Å². The second-order valence-corrected chi connectivity index (χ2v) is 5.92. The summed E-state index contributed by atoms with van der Waals surface area (Å²) < 4.78 is 7.93. The van der Waals surface area contributed by atoms with Gasteiger partial charge in [0.1, 0.15) is 5.76 Å². The average Bonchev–Trinajstić information content (AvgIpc) is 3.39. The van der Waals surface area contributed by atoms with Crippen LogP contribution in [-0.2, 0) is 24.9 Å². The molecular formula is C17H18N6O5. The summed E-state index contributed by atoms with van der Waals surface area (Å²) in [6, 6.07) is 3.44. The van der Waals surface area contributed by atoms with Gasteiger partial charge in [-0.2, -0.15) is 10.2 Å². The number of anilines is 1. The molecule has 0 bridgehead atoms. The summed E-state index contributed by atoms with van der Waals surface area (Å²) in [7, 11) is 1.63. The third-order valence-corrected chi connectivity index (χ3v) is 3.75. The standard InChI is InChI=1S/C17H18N6O5/c1-22-10-13(15(21-22)17(27)18-8-12-3-2-6-28-12)20-16(26)11-7-19-23(9-11)5-4-14(24)25/h2-3,6-7,9-10H,4-5,8H2,1H3,(H,18,27)(H,20,26)(H,24,25). The smallest absolute Gasteiger partial charge is 0.305 e. The lowest BCUT2D eigenvalue weighted by molar-refractivity contribution is -0.137. The van der Waals surface area contributed by atoms with Crippen LogP contribution < -0.4 is 10.6 Å². The maximum Gasteiger partial charge on any atom is 0.305 e. The van der Waals surface area contributed by atoms with Crippen molar-refractivity contribution in [2.45, 2.75) is 19.5 Å². The van der Waals surface area contributed by atoms with Gasteiger partial charge < -0.3 is 20.2 Å². The summed E-state index contributed by atoms with van der Waals surface area (Å²) in [5, 5.41) is 22.0. The number of furan rings is 1. The van der Waals surface area contributed by atoms with Gasteiger partial charge in [-0.05, 0) is 12.1 Å². The molecule has 11 heteroatoms. The van der Waals surface area contributed by atoms with Gasteiger partial charge in [0, 0.05) is 19.4 Å². The number of hydrogen-bond acceptors (Lipinski definition) is 6. The third-order valence-electron chi connectivity index (χ3n) is 3.75. The maximum absolute atomic E-state index is 12.4. The molecule has 3 N–H and O–H groups in total. The first-order chi connectivity index (χ1) is 13.4. The molecule has 0 aliphatic heterocycles. The number of carboxylic acids is 1. The number of hydrogen-bond donors (Lipinski definition) is 3. The van der Waals surface area contributed by atoms with E-state index in [0.717, 1.165) is 0 Å². The molecule has 146 valence electrons. The van der Waals surface area contributed by atoms with E-state index in [0.29, 0.717) is 5.76 Å². The fourth-order valence-corrected chi connectivity index (χ4v) is 2.42. The van der Waals surface area contributed by atoms with Crippen molar-refractivity contribution in [1.29, 1.82) is 0 Å². The van der Waals surface area contributed by atoms with E-state index in [9.17, 15) is 14.4 Å². The number of aliphatic carboxylic acids is 1. The second-order valence-electron chi connectivity index (χ2n) is 5.92. The number of nitrogens with zero attached hydrogens (tertiary/aromatic N) is 4. The minimum absolute atomic E-state index is 0.0562. The van der Waals surface area contributed by atoms with Gasteiger partial charge in [-0.25, -0.2) is 0 Å². The van der Waals surface area contributed by atoms with Gasteiger partial charge in [0.15, 0.2) is 5.69 Å². The molecule has 2 amide bonds. The Balaban J connectivity index is 1.66. The van der Waals surface area contributed by atoms with Gasteiger partial charge in [-0.1, -0.05) is 0 Å². The average molecular weight is 386 g/mol. The first-order valence-corrected chi connectivity index (χ1v) is 8.32. The summed E-state index contributed by atoms with van der Waals surface area (Å²) in [6.07, 6.45) is 5.67. The number of aryl methyl sites for hydroxylation is 2. The van der Waals surface area contributed by atoms with Gasteiger partial charge in [0.05, 0.1) is 43.2 Å². The van der Waals surface area contributed by atoms with E-state index in [-0.39, 0.29) is 36.5 Å². The Bertz CT molecular complexity index is 988. The quantitative estimate of drug-likeness (QED) is 0.521. The second kappa shape index (κ2) is 8.20. The summed E-state index contributed by atoms with van der Waals surface area (Å²) in [4.78, 5) is 35.4. The summed E-state index contributed by atoms with van der Waals surface area (Å²) in [5.74, 6) is -1.33. The molecule has 0 saturated carbocycles. The highest BCUT2D eigenvalue weighted by Crippen LogP contribution is 2.15. The molecule has 0 fully saturated rings. The van der Waals surface area contributed by atoms with Gasteiger partial charge in [0.2, 0.25) is 0 Å². The minimum atomic E-state index is -0.956. The van der Waals surface area contributed by atoms with E-state index in [1.54, 1.807) is 19.2 Å². The lowest BCUT2D eigenvalue weighted by Crippen LogP contribution is -2.25. The van der Waals surface area contributed by atoms with E-state index >= 15 is 0 Å². The zero-order valence-corrected chi connectivity index (χ0v) is 15.0. The van der Waals surface area contributed by atoms with E-state index in [1.807, 2.05) is 0 Å². The highest BCUT2D eigenvalue weighted by molar-refractivity contribution is 6.08. The van der Waals surface area contributed by atoms with Crippen LogP contribution in [0.15, 0.2) is 41.4 Å². The van der Waals surface area contributed by atoms with Crippen LogP contribution in [0.2, 0.25) is 0 Å². The fraction of sp³-hybridized carbons (Fsp3) is 0.235. The Kier molecular flexibility index (Phi) is 5.53. The van der Waals surface area contributed by atoms with Crippen molar-refractivity contribution in [3.05, 3.63) is 54.0 Å². The van der Waals surface area contributed by atoms with Crippen molar-refractivity contribution in [1.82, 2.24) is 24.9 Å². The summed E-state index contributed by atoms with van der Waals surface area (Å²) >= 11 is 0. The molecule has 3 aromatic heterocycles. The van der Waals surface area contributed by atoms with Crippen LogP contribution in [0.1, 0.15) is 33.0 Å². The molecule has 0 unspecified atom stereocenters. The normalized spacial score (nSPS) is 10.6. The highest BCUT2D eigenvalue weighted by Gasteiger charge is 2.19. The Labute approximate surface area is 158 Å². The van der Waals surface area contributed by atoms with Crippen LogP contribution in [-0.4, -0.2) is 42.5 Å². The number of rotatable bonds is 8. The first-order valence-electron chi connectivity index (χ1n) is 8.32. The van der Waals surface area contributed by atoms with Crippen molar-refractivity contribution in [2.24, 2.45) is 7.05 Å². The molecule has 3 rings (SSSR count). The van der Waals surface area contributed by atoms with Crippen LogP contribution in [0.3, 0.4) is 0 Å². The molecule has 0 aromatic carbocycles. The molecule has 28 heavy (non-hydrogen) atoms. The molecule has 0 spiro atoms. The predicted octanol–water partition coefficient (Wildman–Crippen LogP) is 0.867. The van der Waals surface area contributed by atoms with Crippen molar-refractivity contribution in [2.75, 3.05) is 5.32 Å². The largest absolute Gasteiger partial charge is 0.481 e. The van der Waals surface area contributed by atoms with Crippen molar-refractivity contribution < 1.29 is 23.9 Å². The summed E-state index contributed by atoms with van der Waals surface area (Å²) in [5.41, 5.74) is 0.527.